The molecular weight excluding hydrogens is 320 g/mol. The molecule has 0 saturated heterocycles. The van der Waals surface area contributed by atoms with Crippen LogP contribution in [-0.2, 0) is 19.4 Å². The standard InChI is InChI=1S/C19H20N2S2/c1-2-18-20-15(13-23-18)12-21-10-8-17-16(9-11-22-17)19(21)14-6-4-3-5-7-14/h3-7,9,11,13,19H,2,8,10,12H2,1H3/t19-/m0/s1. The molecule has 0 aliphatic carbocycles. The van der Waals surface area contributed by atoms with Gasteiger partial charge in [-0.2, -0.15) is 0 Å². The van der Waals surface area contributed by atoms with E-state index in [1.54, 1.807) is 16.2 Å². The normalized spacial score (nSPS) is 18.0. The summed E-state index contributed by atoms with van der Waals surface area (Å²) in [5.41, 5.74) is 4.09. The maximum atomic E-state index is 4.77. The molecule has 118 valence electrons. The Labute approximate surface area is 145 Å². The van der Waals surface area contributed by atoms with Crippen LogP contribution < -0.4 is 0 Å². The average Bonchev–Trinajstić information content (AvgIpc) is 3.24. The number of aryl methyl sites for hydroxylation is 1. The smallest absolute Gasteiger partial charge is 0.0926 e. The molecule has 23 heavy (non-hydrogen) atoms. The Hall–Kier alpha value is -1.49. The minimum Gasteiger partial charge on any atom is -0.286 e. The van der Waals surface area contributed by atoms with E-state index in [1.807, 2.05) is 11.3 Å². The second-order valence-corrected chi connectivity index (χ2v) is 7.86. The Balaban J connectivity index is 1.67. The Kier molecular flexibility index (Phi) is 4.29. The Bertz CT molecular complexity index is 776. The fraction of sp³-hybridized carbons (Fsp3) is 0.316. The quantitative estimate of drug-likeness (QED) is 0.670. The van der Waals surface area contributed by atoms with Crippen LogP contribution in [0.4, 0.5) is 0 Å². The summed E-state index contributed by atoms with van der Waals surface area (Å²) < 4.78 is 0. The van der Waals surface area contributed by atoms with Gasteiger partial charge in [-0.15, -0.1) is 22.7 Å². The molecule has 0 spiro atoms. The van der Waals surface area contributed by atoms with Crippen molar-refractivity contribution in [1.82, 2.24) is 9.88 Å². The van der Waals surface area contributed by atoms with Crippen molar-refractivity contribution in [2.24, 2.45) is 0 Å². The maximum absolute atomic E-state index is 4.77. The van der Waals surface area contributed by atoms with E-state index in [9.17, 15) is 0 Å². The number of fused-ring (bicyclic) bond motifs is 1. The lowest BCUT2D eigenvalue weighted by Gasteiger charge is -2.35. The average molecular weight is 341 g/mol. The molecule has 1 aliphatic heterocycles. The van der Waals surface area contributed by atoms with Crippen molar-refractivity contribution in [3.8, 4) is 0 Å². The third-order valence-electron chi connectivity index (χ3n) is 4.45. The van der Waals surface area contributed by atoms with Gasteiger partial charge in [0, 0.05) is 23.3 Å². The van der Waals surface area contributed by atoms with Crippen LogP contribution in [0.1, 0.15) is 39.7 Å². The lowest BCUT2D eigenvalue weighted by atomic mass is 9.93. The van der Waals surface area contributed by atoms with Crippen LogP contribution in [0.25, 0.3) is 0 Å². The molecule has 0 N–H and O–H groups in total. The van der Waals surface area contributed by atoms with Gasteiger partial charge in [0.1, 0.15) is 0 Å². The van der Waals surface area contributed by atoms with Crippen molar-refractivity contribution >= 4 is 22.7 Å². The van der Waals surface area contributed by atoms with Gasteiger partial charge in [0.2, 0.25) is 0 Å². The van der Waals surface area contributed by atoms with Crippen LogP contribution in [0.3, 0.4) is 0 Å². The number of nitrogens with zero attached hydrogens (tertiary/aromatic N) is 2. The van der Waals surface area contributed by atoms with Crippen molar-refractivity contribution in [3.63, 3.8) is 0 Å². The minimum atomic E-state index is 0.359. The highest BCUT2D eigenvalue weighted by molar-refractivity contribution is 7.10. The van der Waals surface area contributed by atoms with Gasteiger partial charge in [0.05, 0.1) is 16.7 Å². The van der Waals surface area contributed by atoms with Gasteiger partial charge in [-0.05, 0) is 35.4 Å². The second kappa shape index (κ2) is 6.56. The summed E-state index contributed by atoms with van der Waals surface area (Å²) in [7, 11) is 0. The number of hydrogen-bond acceptors (Lipinski definition) is 4. The Morgan fingerprint density at radius 3 is 2.83 bits per heavy atom. The van der Waals surface area contributed by atoms with E-state index in [4.69, 9.17) is 4.98 Å². The van der Waals surface area contributed by atoms with Crippen molar-refractivity contribution in [1.29, 1.82) is 0 Å². The predicted octanol–water partition coefficient (Wildman–Crippen LogP) is 4.91. The number of thiazole rings is 1. The molecule has 0 saturated carbocycles. The molecule has 0 bridgehead atoms. The van der Waals surface area contributed by atoms with Gasteiger partial charge in [-0.1, -0.05) is 37.3 Å². The van der Waals surface area contributed by atoms with E-state index in [1.165, 1.54) is 21.8 Å². The fourth-order valence-corrected chi connectivity index (χ4v) is 5.00. The molecule has 0 unspecified atom stereocenters. The fourth-order valence-electron chi connectivity index (χ4n) is 3.36. The lowest BCUT2D eigenvalue weighted by Crippen LogP contribution is -2.35. The zero-order chi connectivity index (χ0) is 15.6. The van der Waals surface area contributed by atoms with Crippen LogP contribution in [0, 0.1) is 0 Å². The second-order valence-electron chi connectivity index (χ2n) is 5.92. The van der Waals surface area contributed by atoms with E-state index in [-0.39, 0.29) is 0 Å². The summed E-state index contributed by atoms with van der Waals surface area (Å²) in [5, 5.41) is 5.70. The van der Waals surface area contributed by atoms with Crippen molar-refractivity contribution in [2.45, 2.75) is 32.4 Å². The number of benzene rings is 1. The number of thiophene rings is 1. The SMILES string of the molecule is CCc1nc(CN2CCc3sccc3[C@@H]2c2ccccc2)cs1. The van der Waals surface area contributed by atoms with Crippen molar-refractivity contribution < 1.29 is 0 Å². The predicted molar refractivity (Wildman–Crippen MR) is 98.2 cm³/mol. The number of rotatable bonds is 4. The number of aromatic nitrogens is 1. The zero-order valence-electron chi connectivity index (χ0n) is 13.2. The summed E-state index contributed by atoms with van der Waals surface area (Å²) >= 11 is 3.69. The topological polar surface area (TPSA) is 16.1 Å². The molecule has 4 heteroatoms. The van der Waals surface area contributed by atoms with Crippen LogP contribution in [0.2, 0.25) is 0 Å². The minimum absolute atomic E-state index is 0.359. The van der Waals surface area contributed by atoms with Gasteiger partial charge in [0.25, 0.3) is 0 Å². The monoisotopic (exact) mass is 340 g/mol. The van der Waals surface area contributed by atoms with E-state index in [2.05, 4.69) is 59.0 Å². The first-order valence-electron chi connectivity index (χ1n) is 8.13. The van der Waals surface area contributed by atoms with Gasteiger partial charge in [0.15, 0.2) is 0 Å². The van der Waals surface area contributed by atoms with Gasteiger partial charge in [-0.3, -0.25) is 4.90 Å². The van der Waals surface area contributed by atoms with Gasteiger partial charge in [-0.25, -0.2) is 4.98 Å². The summed E-state index contributed by atoms with van der Waals surface area (Å²) in [4.78, 5) is 8.90. The van der Waals surface area contributed by atoms with Gasteiger partial charge < -0.3 is 0 Å². The number of hydrogen-bond donors (Lipinski definition) is 0. The molecule has 0 radical (unpaired) electrons. The molecular formula is C19H20N2S2. The summed E-state index contributed by atoms with van der Waals surface area (Å²) in [6.45, 7) is 4.21. The molecule has 0 fully saturated rings. The lowest BCUT2D eigenvalue weighted by molar-refractivity contribution is 0.204. The zero-order valence-corrected chi connectivity index (χ0v) is 14.9. The summed E-state index contributed by atoms with van der Waals surface area (Å²) in [5.74, 6) is 0. The van der Waals surface area contributed by atoms with Crippen molar-refractivity contribution in [3.05, 3.63) is 73.9 Å². The maximum Gasteiger partial charge on any atom is 0.0926 e. The molecule has 3 heterocycles. The Morgan fingerprint density at radius 1 is 1.17 bits per heavy atom. The molecule has 2 nitrogen and oxygen atoms in total. The third-order valence-corrected chi connectivity index (χ3v) is 6.49. The molecule has 1 aromatic carbocycles. The first-order valence-corrected chi connectivity index (χ1v) is 9.89. The first-order chi connectivity index (χ1) is 11.3. The van der Waals surface area contributed by atoms with Crippen LogP contribution >= 0.6 is 22.7 Å². The third kappa shape index (κ3) is 2.99. The summed E-state index contributed by atoms with van der Waals surface area (Å²) in [6.07, 6.45) is 2.18. The van der Waals surface area contributed by atoms with Crippen molar-refractivity contribution in [2.75, 3.05) is 6.54 Å². The highest BCUT2D eigenvalue weighted by atomic mass is 32.1. The molecule has 0 amide bonds. The largest absolute Gasteiger partial charge is 0.286 e. The Morgan fingerprint density at radius 2 is 2.04 bits per heavy atom. The molecule has 2 aromatic heterocycles. The van der Waals surface area contributed by atoms with Crippen LogP contribution in [0.5, 0.6) is 0 Å². The van der Waals surface area contributed by atoms with Crippen LogP contribution in [0.15, 0.2) is 47.2 Å². The summed E-state index contributed by atoms with van der Waals surface area (Å²) in [6, 6.07) is 13.6. The molecule has 1 aliphatic rings. The van der Waals surface area contributed by atoms with E-state index in [0.29, 0.717) is 6.04 Å². The highest BCUT2D eigenvalue weighted by Gasteiger charge is 2.29. The van der Waals surface area contributed by atoms with E-state index >= 15 is 0 Å². The molecule has 4 rings (SSSR count). The first kappa shape index (κ1) is 15.1. The molecule has 3 aromatic rings. The highest BCUT2D eigenvalue weighted by Crippen LogP contribution is 2.38. The van der Waals surface area contributed by atoms with Gasteiger partial charge >= 0.3 is 0 Å². The van der Waals surface area contributed by atoms with E-state index < -0.39 is 0 Å². The van der Waals surface area contributed by atoms with Crippen LogP contribution in [-0.4, -0.2) is 16.4 Å². The molecule has 1 atom stereocenters. The van der Waals surface area contributed by atoms with E-state index in [0.717, 1.165) is 25.9 Å².